The van der Waals surface area contributed by atoms with Crippen LogP contribution in [0.25, 0.3) is 0 Å². The number of carbonyl (C=O) groups is 2. The molecular formula is C14H16N4O2S. The first-order chi connectivity index (χ1) is 10.1. The van der Waals surface area contributed by atoms with Gasteiger partial charge in [0, 0.05) is 26.2 Å². The van der Waals surface area contributed by atoms with E-state index in [4.69, 9.17) is 0 Å². The Morgan fingerprint density at radius 3 is 2.76 bits per heavy atom. The summed E-state index contributed by atoms with van der Waals surface area (Å²) in [5.74, 6) is 0.267. The summed E-state index contributed by atoms with van der Waals surface area (Å²) in [5.41, 5.74) is 0.376. The summed E-state index contributed by atoms with van der Waals surface area (Å²) >= 11 is 1.37. The predicted molar refractivity (Wildman–Crippen MR) is 80.6 cm³/mol. The first kappa shape index (κ1) is 13.8. The zero-order chi connectivity index (χ0) is 14.8. The molecule has 21 heavy (non-hydrogen) atoms. The number of hydrogen-bond donors (Lipinski definition) is 1. The number of amides is 2. The molecule has 7 heteroatoms. The summed E-state index contributed by atoms with van der Waals surface area (Å²) in [6.45, 7) is 1.57. The minimum absolute atomic E-state index is 0.0697. The van der Waals surface area contributed by atoms with E-state index in [9.17, 15) is 9.59 Å². The summed E-state index contributed by atoms with van der Waals surface area (Å²) in [5, 5.41) is 8.83. The maximum absolute atomic E-state index is 12.3. The van der Waals surface area contributed by atoms with E-state index >= 15 is 0 Å². The topological polar surface area (TPSA) is 67.2 Å². The summed E-state index contributed by atoms with van der Waals surface area (Å²) < 4.78 is 1.52. The molecule has 1 saturated heterocycles. The van der Waals surface area contributed by atoms with Gasteiger partial charge in [-0.25, -0.2) is 0 Å². The Morgan fingerprint density at radius 1 is 1.33 bits per heavy atom. The van der Waals surface area contributed by atoms with E-state index in [2.05, 4.69) is 10.4 Å². The lowest BCUT2D eigenvalue weighted by Gasteiger charge is -2.12. The fourth-order valence-electron chi connectivity index (χ4n) is 2.36. The molecule has 1 aliphatic heterocycles. The molecule has 110 valence electrons. The van der Waals surface area contributed by atoms with Crippen LogP contribution in [0.5, 0.6) is 0 Å². The van der Waals surface area contributed by atoms with Crippen molar-refractivity contribution in [3.05, 3.63) is 34.2 Å². The molecule has 0 spiro atoms. The zero-order valence-electron chi connectivity index (χ0n) is 11.7. The Labute approximate surface area is 126 Å². The minimum Gasteiger partial charge on any atom is -0.337 e. The van der Waals surface area contributed by atoms with Gasteiger partial charge in [0.15, 0.2) is 5.69 Å². The minimum atomic E-state index is -0.187. The van der Waals surface area contributed by atoms with E-state index in [1.807, 2.05) is 11.4 Å². The van der Waals surface area contributed by atoms with Crippen molar-refractivity contribution >= 4 is 29.0 Å². The van der Waals surface area contributed by atoms with Crippen LogP contribution in [0.3, 0.4) is 0 Å². The molecule has 0 atom stereocenters. The Hall–Kier alpha value is -2.15. The van der Waals surface area contributed by atoms with Crippen molar-refractivity contribution < 1.29 is 9.59 Å². The van der Waals surface area contributed by atoms with Gasteiger partial charge in [0.1, 0.15) is 5.82 Å². The summed E-state index contributed by atoms with van der Waals surface area (Å²) in [4.78, 5) is 26.7. The van der Waals surface area contributed by atoms with Crippen LogP contribution in [-0.4, -0.2) is 39.6 Å². The second-order valence-corrected chi connectivity index (χ2v) is 5.92. The van der Waals surface area contributed by atoms with Gasteiger partial charge in [-0.1, -0.05) is 6.07 Å². The lowest BCUT2D eigenvalue weighted by atomic mass is 10.3. The molecule has 1 aliphatic rings. The molecule has 0 bridgehead atoms. The molecule has 6 nitrogen and oxygen atoms in total. The van der Waals surface area contributed by atoms with Crippen molar-refractivity contribution in [2.24, 2.45) is 7.05 Å². The molecule has 0 saturated carbocycles. The van der Waals surface area contributed by atoms with Crippen LogP contribution in [0.1, 0.15) is 33.0 Å². The molecule has 0 radical (unpaired) electrons. The number of likely N-dealkylation sites (tertiary alicyclic amines) is 1. The lowest BCUT2D eigenvalue weighted by Crippen LogP contribution is -2.28. The van der Waals surface area contributed by atoms with Gasteiger partial charge in [-0.3, -0.25) is 14.3 Å². The number of nitrogens with one attached hydrogen (secondary N) is 1. The molecule has 1 N–H and O–H groups in total. The molecule has 0 aromatic carbocycles. The maximum atomic E-state index is 12.3. The van der Waals surface area contributed by atoms with Crippen LogP contribution in [0.15, 0.2) is 23.6 Å². The third-order valence-corrected chi connectivity index (χ3v) is 4.35. The number of nitrogens with zero attached hydrogens (tertiary/aromatic N) is 3. The normalized spacial score (nSPS) is 14.4. The van der Waals surface area contributed by atoms with Crippen LogP contribution in [0.4, 0.5) is 5.82 Å². The number of aromatic nitrogens is 2. The lowest BCUT2D eigenvalue weighted by molar-refractivity contribution is 0.0786. The SMILES string of the molecule is Cn1nc(C(=O)N2CCCC2)cc1NC(=O)c1cccs1. The number of anilines is 1. The van der Waals surface area contributed by atoms with Crippen molar-refractivity contribution in [3.8, 4) is 0 Å². The molecule has 1 fully saturated rings. The van der Waals surface area contributed by atoms with Crippen molar-refractivity contribution in [3.63, 3.8) is 0 Å². The van der Waals surface area contributed by atoms with E-state index in [1.165, 1.54) is 16.0 Å². The Bertz CT molecular complexity index is 657. The highest BCUT2D eigenvalue weighted by Crippen LogP contribution is 2.17. The van der Waals surface area contributed by atoms with Crippen molar-refractivity contribution in [1.82, 2.24) is 14.7 Å². The molecule has 2 amide bonds. The maximum Gasteiger partial charge on any atom is 0.274 e. The van der Waals surface area contributed by atoms with Gasteiger partial charge in [-0.15, -0.1) is 11.3 Å². The second kappa shape index (κ2) is 5.69. The summed E-state index contributed by atoms with van der Waals surface area (Å²) in [7, 11) is 1.71. The van der Waals surface area contributed by atoms with Gasteiger partial charge in [0.25, 0.3) is 11.8 Å². The van der Waals surface area contributed by atoms with Crippen LogP contribution in [-0.2, 0) is 7.05 Å². The Balaban J connectivity index is 1.75. The fraction of sp³-hybridized carbons (Fsp3) is 0.357. The highest BCUT2D eigenvalue weighted by molar-refractivity contribution is 7.12. The third-order valence-electron chi connectivity index (χ3n) is 3.48. The zero-order valence-corrected chi connectivity index (χ0v) is 12.5. The monoisotopic (exact) mass is 304 g/mol. The van der Waals surface area contributed by atoms with E-state index in [1.54, 1.807) is 24.1 Å². The van der Waals surface area contributed by atoms with Gasteiger partial charge in [-0.05, 0) is 24.3 Å². The Kier molecular flexibility index (Phi) is 3.74. The standard InChI is InChI=1S/C14H16N4O2S/c1-17-12(15-13(19)11-5-4-8-21-11)9-10(16-17)14(20)18-6-2-3-7-18/h4-5,8-9H,2-3,6-7H2,1H3,(H,15,19). The van der Waals surface area contributed by atoms with Gasteiger partial charge in [0.2, 0.25) is 0 Å². The van der Waals surface area contributed by atoms with Crippen LogP contribution in [0, 0.1) is 0 Å². The number of hydrogen-bond acceptors (Lipinski definition) is 4. The van der Waals surface area contributed by atoms with E-state index in [0.29, 0.717) is 16.4 Å². The summed E-state index contributed by atoms with van der Waals surface area (Å²) in [6.07, 6.45) is 2.08. The fourth-order valence-corrected chi connectivity index (χ4v) is 2.98. The van der Waals surface area contributed by atoms with Gasteiger partial charge < -0.3 is 10.2 Å². The first-order valence-corrected chi connectivity index (χ1v) is 7.71. The van der Waals surface area contributed by atoms with Crippen LogP contribution < -0.4 is 5.32 Å². The third kappa shape index (κ3) is 2.82. The van der Waals surface area contributed by atoms with Crippen LogP contribution >= 0.6 is 11.3 Å². The smallest absolute Gasteiger partial charge is 0.274 e. The second-order valence-electron chi connectivity index (χ2n) is 4.97. The van der Waals surface area contributed by atoms with Gasteiger partial charge in [0.05, 0.1) is 4.88 Å². The molecular weight excluding hydrogens is 288 g/mol. The average molecular weight is 304 g/mol. The van der Waals surface area contributed by atoms with E-state index in [0.717, 1.165) is 25.9 Å². The van der Waals surface area contributed by atoms with E-state index in [-0.39, 0.29) is 11.8 Å². The average Bonchev–Trinajstić information content (AvgIpc) is 3.20. The molecule has 0 unspecified atom stereocenters. The first-order valence-electron chi connectivity index (χ1n) is 6.83. The molecule has 2 aromatic rings. The largest absolute Gasteiger partial charge is 0.337 e. The highest BCUT2D eigenvalue weighted by Gasteiger charge is 2.23. The van der Waals surface area contributed by atoms with Crippen molar-refractivity contribution in [2.75, 3.05) is 18.4 Å². The number of rotatable bonds is 3. The number of carbonyl (C=O) groups excluding carboxylic acids is 2. The Morgan fingerprint density at radius 2 is 2.10 bits per heavy atom. The molecule has 2 aromatic heterocycles. The van der Waals surface area contributed by atoms with Crippen molar-refractivity contribution in [2.45, 2.75) is 12.8 Å². The van der Waals surface area contributed by atoms with Gasteiger partial charge in [-0.2, -0.15) is 5.10 Å². The highest BCUT2D eigenvalue weighted by atomic mass is 32.1. The van der Waals surface area contributed by atoms with Gasteiger partial charge >= 0.3 is 0 Å². The molecule has 0 aliphatic carbocycles. The van der Waals surface area contributed by atoms with Crippen molar-refractivity contribution in [1.29, 1.82) is 0 Å². The number of aryl methyl sites for hydroxylation is 1. The molecule has 3 heterocycles. The number of thiophene rings is 1. The quantitative estimate of drug-likeness (QED) is 0.942. The molecule has 3 rings (SSSR count). The predicted octanol–water partition coefficient (Wildman–Crippen LogP) is 1.97. The van der Waals surface area contributed by atoms with E-state index < -0.39 is 0 Å². The summed E-state index contributed by atoms with van der Waals surface area (Å²) in [6, 6.07) is 5.21. The van der Waals surface area contributed by atoms with Crippen LogP contribution in [0.2, 0.25) is 0 Å².